The van der Waals surface area contributed by atoms with Crippen LogP contribution in [0.25, 0.3) is 5.57 Å². The van der Waals surface area contributed by atoms with Gasteiger partial charge in [0.15, 0.2) is 6.29 Å². The van der Waals surface area contributed by atoms with Crippen molar-refractivity contribution in [2.45, 2.75) is 51.4 Å². The number of anilines is 1. The first kappa shape index (κ1) is 26.9. The summed E-state index contributed by atoms with van der Waals surface area (Å²) in [4.78, 5) is 2.52. The summed E-state index contributed by atoms with van der Waals surface area (Å²) < 4.78 is 23.1. The van der Waals surface area contributed by atoms with E-state index in [-0.39, 0.29) is 6.29 Å². The second-order valence-corrected chi connectivity index (χ2v) is 11.6. The van der Waals surface area contributed by atoms with E-state index in [1.807, 2.05) is 18.2 Å². The van der Waals surface area contributed by atoms with E-state index < -0.39 is 0 Å². The zero-order valence-corrected chi connectivity index (χ0v) is 24.0. The molecule has 2 fully saturated rings. The van der Waals surface area contributed by atoms with Crippen LogP contribution in [-0.2, 0) is 22.5 Å². The molecule has 210 valence electrons. The predicted molar refractivity (Wildman–Crippen MR) is 160 cm³/mol. The van der Waals surface area contributed by atoms with Crippen LogP contribution in [0.2, 0.25) is 0 Å². The molecule has 6 rings (SSSR count). The fourth-order valence-electron chi connectivity index (χ4n) is 7.08. The lowest BCUT2D eigenvalue weighted by molar-refractivity contribution is -0.184. The van der Waals surface area contributed by atoms with Crippen molar-refractivity contribution in [1.29, 1.82) is 0 Å². The summed E-state index contributed by atoms with van der Waals surface area (Å²) in [5.74, 6) is 2.39. The molecule has 0 aromatic heterocycles. The monoisotopic (exact) mass is 539 g/mol. The summed E-state index contributed by atoms with van der Waals surface area (Å²) in [5.41, 5.74) is 7.90. The minimum absolute atomic E-state index is 0.0620. The van der Waals surface area contributed by atoms with Gasteiger partial charge in [0.05, 0.1) is 7.11 Å². The molecule has 1 saturated heterocycles. The van der Waals surface area contributed by atoms with Gasteiger partial charge < -0.3 is 23.8 Å². The zero-order chi connectivity index (χ0) is 27.5. The number of hydrogen-bond acceptors (Lipinski definition) is 5. The third-order valence-electron chi connectivity index (χ3n) is 9.28. The first-order valence-electron chi connectivity index (χ1n) is 14.6. The average Bonchev–Trinajstić information content (AvgIpc) is 3.00. The summed E-state index contributed by atoms with van der Waals surface area (Å²) >= 11 is 0. The number of hydrogen-bond donors (Lipinski definition) is 0. The van der Waals surface area contributed by atoms with E-state index in [1.54, 1.807) is 21.3 Å². The predicted octanol–water partition coefficient (Wildman–Crippen LogP) is 7.27. The van der Waals surface area contributed by atoms with Crippen LogP contribution < -0.4 is 14.4 Å². The number of rotatable bonds is 9. The number of benzene rings is 3. The van der Waals surface area contributed by atoms with Gasteiger partial charge in [-0.05, 0) is 90.5 Å². The molecule has 2 aliphatic carbocycles. The highest BCUT2D eigenvalue weighted by molar-refractivity contribution is 5.86. The molecule has 1 spiro atoms. The molecular formula is C35H41NO4. The van der Waals surface area contributed by atoms with Crippen molar-refractivity contribution in [2.24, 2.45) is 11.3 Å². The van der Waals surface area contributed by atoms with Crippen molar-refractivity contribution in [3.05, 3.63) is 95.1 Å². The van der Waals surface area contributed by atoms with Gasteiger partial charge in [0, 0.05) is 50.5 Å². The number of allylic oxidation sites excluding steroid dienone is 1. The van der Waals surface area contributed by atoms with Gasteiger partial charge in [0.25, 0.3) is 0 Å². The molecule has 1 aliphatic heterocycles. The maximum Gasteiger partial charge on any atom is 0.159 e. The highest BCUT2D eigenvalue weighted by atomic mass is 16.7. The number of methoxy groups -OCH3 is 3. The largest absolute Gasteiger partial charge is 0.496 e. The van der Waals surface area contributed by atoms with Crippen molar-refractivity contribution in [2.75, 3.05) is 39.3 Å². The van der Waals surface area contributed by atoms with Crippen LogP contribution in [-0.4, -0.2) is 40.7 Å². The van der Waals surface area contributed by atoms with Crippen molar-refractivity contribution in [3.8, 4) is 11.5 Å². The van der Waals surface area contributed by atoms with Crippen LogP contribution in [0.15, 0.2) is 72.8 Å². The van der Waals surface area contributed by atoms with E-state index in [2.05, 4.69) is 59.5 Å². The Hall–Kier alpha value is -3.28. The highest BCUT2D eigenvalue weighted by Gasteiger charge is 2.48. The maximum absolute atomic E-state index is 6.12. The first-order valence-corrected chi connectivity index (χ1v) is 14.6. The Kier molecular flexibility index (Phi) is 7.86. The van der Waals surface area contributed by atoms with Gasteiger partial charge in [-0.1, -0.05) is 42.5 Å². The summed E-state index contributed by atoms with van der Waals surface area (Å²) in [6, 6.07) is 23.6. The molecule has 1 saturated carbocycles. The average molecular weight is 540 g/mol. The van der Waals surface area contributed by atoms with Crippen molar-refractivity contribution in [3.63, 3.8) is 0 Å². The molecule has 0 N–H and O–H groups in total. The second-order valence-electron chi connectivity index (χ2n) is 11.6. The van der Waals surface area contributed by atoms with Crippen LogP contribution >= 0.6 is 0 Å². The number of fused-ring (bicyclic) bond motifs is 1. The van der Waals surface area contributed by atoms with E-state index in [9.17, 15) is 0 Å². The Morgan fingerprint density at radius 3 is 2.35 bits per heavy atom. The quantitative estimate of drug-likeness (QED) is 0.268. The number of nitrogens with zero attached hydrogens (tertiary/aromatic N) is 1. The minimum Gasteiger partial charge on any atom is -0.496 e. The molecule has 0 unspecified atom stereocenters. The number of piperidine rings is 1. The summed E-state index contributed by atoms with van der Waals surface area (Å²) in [5, 5.41) is 0. The maximum atomic E-state index is 6.12. The first-order chi connectivity index (χ1) is 19.6. The topological polar surface area (TPSA) is 40.2 Å². The lowest BCUT2D eigenvalue weighted by Crippen LogP contribution is -2.50. The Morgan fingerprint density at radius 2 is 1.62 bits per heavy atom. The van der Waals surface area contributed by atoms with Crippen LogP contribution in [0.1, 0.15) is 54.4 Å². The van der Waals surface area contributed by atoms with Crippen LogP contribution in [0.4, 0.5) is 5.69 Å². The molecule has 0 atom stereocenters. The molecule has 0 amide bonds. The van der Waals surface area contributed by atoms with Gasteiger partial charge in [-0.25, -0.2) is 0 Å². The molecule has 0 bridgehead atoms. The van der Waals surface area contributed by atoms with Gasteiger partial charge in [-0.3, -0.25) is 0 Å². The lowest BCUT2D eigenvalue weighted by atomic mass is 9.57. The van der Waals surface area contributed by atoms with E-state index in [1.165, 1.54) is 53.6 Å². The molecule has 5 nitrogen and oxygen atoms in total. The Morgan fingerprint density at radius 1 is 0.875 bits per heavy atom. The van der Waals surface area contributed by atoms with Crippen LogP contribution in [0.3, 0.4) is 0 Å². The Balaban J connectivity index is 1.13. The second kappa shape index (κ2) is 11.7. The summed E-state index contributed by atoms with van der Waals surface area (Å²) in [6.07, 6.45) is 9.19. The Bertz CT molecular complexity index is 1330. The van der Waals surface area contributed by atoms with Gasteiger partial charge >= 0.3 is 0 Å². The molecule has 3 aliphatic rings. The summed E-state index contributed by atoms with van der Waals surface area (Å²) in [6.45, 7) is 2.74. The van der Waals surface area contributed by atoms with E-state index in [0.717, 1.165) is 43.0 Å². The molecule has 40 heavy (non-hydrogen) atoms. The third-order valence-corrected chi connectivity index (χ3v) is 9.28. The molecular weight excluding hydrogens is 498 g/mol. The fraction of sp³-hybridized carbons (Fsp3) is 0.429. The van der Waals surface area contributed by atoms with Gasteiger partial charge in [0.2, 0.25) is 0 Å². The highest BCUT2D eigenvalue weighted by Crippen LogP contribution is 2.54. The molecule has 1 heterocycles. The van der Waals surface area contributed by atoms with Gasteiger partial charge in [0.1, 0.15) is 18.1 Å². The lowest BCUT2D eigenvalue weighted by Gasteiger charge is -2.54. The standard InChI is InChI=1S/C35H41NO4/c1-37-33-21-28(36-18-16-35(17-19-36)22-27(23-35)34(38-2)39-3)12-14-32(33)31-11-7-10-26-20-29(13-15-30(26)31)40-24-25-8-5-4-6-9-25/h4-6,8-9,11-15,20-21,27,34H,7,10,16-19,22-24H2,1-3H3. The third kappa shape index (κ3) is 5.37. The van der Waals surface area contributed by atoms with Crippen LogP contribution in [0.5, 0.6) is 11.5 Å². The Labute approximate surface area is 238 Å². The molecule has 0 radical (unpaired) electrons. The number of aryl methyl sites for hydroxylation is 1. The summed E-state index contributed by atoms with van der Waals surface area (Å²) in [7, 11) is 5.29. The van der Waals surface area contributed by atoms with Gasteiger partial charge in [-0.15, -0.1) is 0 Å². The van der Waals surface area contributed by atoms with E-state index in [4.69, 9.17) is 18.9 Å². The fourth-order valence-corrected chi connectivity index (χ4v) is 7.08. The zero-order valence-electron chi connectivity index (χ0n) is 24.0. The van der Waals surface area contributed by atoms with E-state index in [0.29, 0.717) is 17.9 Å². The number of ether oxygens (including phenoxy) is 4. The molecule has 5 heteroatoms. The van der Waals surface area contributed by atoms with Crippen molar-refractivity contribution < 1.29 is 18.9 Å². The van der Waals surface area contributed by atoms with E-state index >= 15 is 0 Å². The smallest absolute Gasteiger partial charge is 0.159 e. The van der Waals surface area contributed by atoms with Crippen molar-refractivity contribution >= 4 is 11.3 Å². The van der Waals surface area contributed by atoms with Crippen molar-refractivity contribution in [1.82, 2.24) is 0 Å². The minimum atomic E-state index is -0.0620. The molecule has 3 aromatic carbocycles. The van der Waals surface area contributed by atoms with Gasteiger partial charge in [-0.2, -0.15) is 0 Å². The van der Waals surface area contributed by atoms with Crippen LogP contribution in [0, 0.1) is 11.3 Å². The normalized spacial score (nSPS) is 18.3. The SMILES string of the molecule is COc1cc(N2CCC3(CC2)CC(C(OC)OC)C3)ccc1C1=CCCc2cc(OCc3ccccc3)ccc21. The molecule has 3 aromatic rings.